The minimum atomic E-state index is -0.718. The van der Waals surface area contributed by atoms with E-state index in [0.29, 0.717) is 16.8 Å². The number of nitro groups is 1. The largest absolute Gasteiger partial charge is 0.369 e. The summed E-state index contributed by atoms with van der Waals surface area (Å²) in [5.41, 5.74) is 1.55. The Morgan fingerprint density at radius 2 is 1.73 bits per heavy atom. The van der Waals surface area contributed by atoms with Crippen LogP contribution in [0.25, 0.3) is 6.08 Å². The Balaban J connectivity index is 1.83. The molecule has 0 saturated carbocycles. The number of non-ortho nitro benzene ring substituents is 1. The average molecular weight is 350 g/mol. The number of nitrogens with zero attached hydrogens (tertiary/aromatic N) is 2. The van der Waals surface area contributed by atoms with Crippen LogP contribution in [-0.4, -0.2) is 16.8 Å². The zero-order chi connectivity index (χ0) is 18.7. The molecule has 0 radical (unpaired) electrons. The summed E-state index contributed by atoms with van der Waals surface area (Å²) in [4.78, 5) is 39.8. The zero-order valence-electron chi connectivity index (χ0n) is 13.8. The predicted molar refractivity (Wildman–Crippen MR) is 94.9 cm³/mol. The number of amides is 1. The van der Waals surface area contributed by atoms with Crippen LogP contribution < -0.4 is 5.06 Å². The first-order chi connectivity index (χ1) is 12.5. The number of carbonyl (C=O) groups is 2. The van der Waals surface area contributed by atoms with Gasteiger partial charge in [0.15, 0.2) is 0 Å². The van der Waals surface area contributed by atoms with E-state index in [1.54, 1.807) is 61.5 Å². The van der Waals surface area contributed by atoms with E-state index < -0.39 is 16.8 Å². The SMILES string of the molecule is CC(/C=C/c1ccc([N+](=O)[O-])cc1)=C1/C(=O)ON(c2ccccc2)C1=O. The van der Waals surface area contributed by atoms with E-state index >= 15 is 0 Å². The number of carbonyl (C=O) groups excluding carboxylic acids is 2. The van der Waals surface area contributed by atoms with Crippen LogP contribution in [0.3, 0.4) is 0 Å². The summed E-state index contributed by atoms with van der Waals surface area (Å²) in [6.07, 6.45) is 3.27. The molecule has 0 aliphatic carbocycles. The summed E-state index contributed by atoms with van der Waals surface area (Å²) in [6.45, 7) is 1.63. The summed E-state index contributed by atoms with van der Waals surface area (Å²) in [7, 11) is 0. The fourth-order valence-corrected chi connectivity index (χ4v) is 2.43. The third-order valence-corrected chi connectivity index (χ3v) is 3.79. The van der Waals surface area contributed by atoms with Crippen molar-refractivity contribution in [2.45, 2.75) is 6.92 Å². The molecule has 1 heterocycles. The van der Waals surface area contributed by atoms with Crippen LogP contribution in [0.5, 0.6) is 0 Å². The second kappa shape index (κ2) is 7.02. The highest BCUT2D eigenvalue weighted by molar-refractivity contribution is 6.26. The lowest BCUT2D eigenvalue weighted by Gasteiger charge is -2.11. The molecule has 0 atom stereocenters. The van der Waals surface area contributed by atoms with Gasteiger partial charge in [-0.2, -0.15) is 0 Å². The van der Waals surface area contributed by atoms with E-state index in [9.17, 15) is 19.7 Å². The summed E-state index contributed by atoms with van der Waals surface area (Å²) in [6, 6.07) is 14.5. The second-order valence-electron chi connectivity index (χ2n) is 5.55. The Morgan fingerprint density at radius 1 is 1.08 bits per heavy atom. The molecule has 0 bridgehead atoms. The number of allylic oxidation sites excluding steroid dienone is 2. The summed E-state index contributed by atoms with van der Waals surface area (Å²) in [5, 5.41) is 11.6. The smallest absolute Gasteiger partial charge is 0.327 e. The van der Waals surface area contributed by atoms with Crippen molar-refractivity contribution in [2.24, 2.45) is 0 Å². The lowest BCUT2D eigenvalue weighted by molar-refractivity contribution is -0.384. The lowest BCUT2D eigenvalue weighted by atomic mass is 10.1. The third-order valence-electron chi connectivity index (χ3n) is 3.79. The van der Waals surface area contributed by atoms with E-state index in [4.69, 9.17) is 4.84 Å². The van der Waals surface area contributed by atoms with E-state index in [2.05, 4.69) is 0 Å². The van der Waals surface area contributed by atoms with Crippen LogP contribution in [0.4, 0.5) is 11.4 Å². The first-order valence-corrected chi connectivity index (χ1v) is 7.72. The molecule has 2 aromatic rings. The third kappa shape index (κ3) is 3.36. The van der Waals surface area contributed by atoms with Crippen LogP contribution in [0.2, 0.25) is 0 Å². The molecule has 0 aromatic heterocycles. The van der Waals surface area contributed by atoms with Gasteiger partial charge < -0.3 is 4.84 Å². The Morgan fingerprint density at radius 3 is 2.35 bits per heavy atom. The van der Waals surface area contributed by atoms with Gasteiger partial charge in [0, 0.05) is 12.1 Å². The number of hydrogen-bond acceptors (Lipinski definition) is 5. The average Bonchev–Trinajstić information content (AvgIpc) is 2.95. The van der Waals surface area contributed by atoms with Gasteiger partial charge in [0.1, 0.15) is 5.57 Å². The van der Waals surface area contributed by atoms with Gasteiger partial charge in [-0.1, -0.05) is 30.4 Å². The van der Waals surface area contributed by atoms with Crippen molar-refractivity contribution in [1.82, 2.24) is 0 Å². The quantitative estimate of drug-likeness (QED) is 0.365. The van der Waals surface area contributed by atoms with E-state index in [-0.39, 0.29) is 11.3 Å². The van der Waals surface area contributed by atoms with Crippen molar-refractivity contribution in [3.8, 4) is 0 Å². The molecular weight excluding hydrogens is 336 g/mol. The number of hydroxylamine groups is 1. The Kier molecular flexibility index (Phi) is 4.62. The molecule has 0 unspecified atom stereocenters. The zero-order valence-corrected chi connectivity index (χ0v) is 13.8. The van der Waals surface area contributed by atoms with Crippen molar-refractivity contribution in [3.05, 3.63) is 87.5 Å². The normalized spacial score (nSPS) is 16.1. The summed E-state index contributed by atoms with van der Waals surface area (Å²) >= 11 is 0. The van der Waals surface area contributed by atoms with Gasteiger partial charge in [0.2, 0.25) is 0 Å². The number of benzene rings is 2. The van der Waals surface area contributed by atoms with Crippen LogP contribution in [0.1, 0.15) is 12.5 Å². The predicted octanol–water partition coefficient (Wildman–Crippen LogP) is 3.43. The molecular formula is C19H14N2O5. The maximum absolute atomic E-state index is 12.5. The van der Waals surface area contributed by atoms with Crippen molar-refractivity contribution in [3.63, 3.8) is 0 Å². The fourth-order valence-electron chi connectivity index (χ4n) is 2.43. The lowest BCUT2D eigenvalue weighted by Crippen LogP contribution is -2.23. The first-order valence-electron chi connectivity index (χ1n) is 7.72. The standard InChI is InChI=1S/C19H14N2O5/c1-13(7-8-14-9-11-16(12-10-14)21(24)25)17-18(22)20(26-19(17)23)15-5-3-2-4-6-15/h2-12H,1H3/b8-7+,17-13-. The number of hydrogen-bond donors (Lipinski definition) is 0. The van der Waals surface area contributed by atoms with Gasteiger partial charge >= 0.3 is 5.97 Å². The Bertz CT molecular complexity index is 930. The second-order valence-corrected chi connectivity index (χ2v) is 5.55. The Hall–Kier alpha value is -3.74. The molecule has 1 aliphatic heterocycles. The minimum absolute atomic E-state index is 0.00900. The van der Waals surface area contributed by atoms with E-state index in [1.807, 2.05) is 0 Å². The molecule has 130 valence electrons. The number of anilines is 1. The first kappa shape index (κ1) is 17.1. The summed E-state index contributed by atoms with van der Waals surface area (Å²) in [5.74, 6) is -1.25. The van der Waals surface area contributed by atoms with Crippen molar-refractivity contribution in [1.29, 1.82) is 0 Å². The van der Waals surface area contributed by atoms with Crippen molar-refractivity contribution < 1.29 is 19.3 Å². The van der Waals surface area contributed by atoms with Gasteiger partial charge in [-0.15, -0.1) is 5.06 Å². The molecule has 1 fully saturated rings. The molecule has 0 N–H and O–H groups in total. The monoisotopic (exact) mass is 350 g/mol. The highest BCUT2D eigenvalue weighted by Crippen LogP contribution is 2.26. The molecule has 3 rings (SSSR count). The molecule has 1 saturated heterocycles. The molecule has 2 aromatic carbocycles. The number of para-hydroxylation sites is 1. The van der Waals surface area contributed by atoms with E-state index in [1.165, 1.54) is 12.1 Å². The Labute approximate surface area is 148 Å². The molecule has 26 heavy (non-hydrogen) atoms. The van der Waals surface area contributed by atoms with Gasteiger partial charge in [0.05, 0.1) is 10.6 Å². The molecule has 1 aliphatic rings. The molecule has 1 amide bonds. The van der Waals surface area contributed by atoms with Gasteiger partial charge in [-0.3, -0.25) is 14.9 Å². The maximum Gasteiger partial charge on any atom is 0.369 e. The van der Waals surface area contributed by atoms with Gasteiger partial charge in [-0.05, 0) is 42.3 Å². The highest BCUT2D eigenvalue weighted by atomic mass is 16.7. The van der Waals surface area contributed by atoms with Crippen LogP contribution in [0.15, 0.2) is 71.8 Å². The topological polar surface area (TPSA) is 89.8 Å². The van der Waals surface area contributed by atoms with Crippen molar-refractivity contribution in [2.75, 3.05) is 5.06 Å². The molecule has 7 heteroatoms. The fraction of sp³-hybridized carbons (Fsp3) is 0.0526. The van der Waals surface area contributed by atoms with Crippen LogP contribution in [0, 0.1) is 10.1 Å². The van der Waals surface area contributed by atoms with Crippen LogP contribution in [-0.2, 0) is 14.4 Å². The maximum atomic E-state index is 12.5. The minimum Gasteiger partial charge on any atom is -0.327 e. The number of nitro benzene ring substituents is 1. The van der Waals surface area contributed by atoms with E-state index in [0.717, 1.165) is 5.06 Å². The number of rotatable bonds is 4. The summed E-state index contributed by atoms with van der Waals surface area (Å²) < 4.78 is 0. The van der Waals surface area contributed by atoms with Crippen LogP contribution >= 0.6 is 0 Å². The molecule has 7 nitrogen and oxygen atoms in total. The molecule has 0 spiro atoms. The van der Waals surface area contributed by atoms with Gasteiger partial charge in [-0.25, -0.2) is 4.79 Å². The van der Waals surface area contributed by atoms with Gasteiger partial charge in [0.25, 0.3) is 11.6 Å². The van der Waals surface area contributed by atoms with Crippen molar-refractivity contribution >= 4 is 29.3 Å². The highest BCUT2D eigenvalue weighted by Gasteiger charge is 2.38.